The molecule has 2 aromatic rings. The van der Waals surface area contributed by atoms with Crippen molar-refractivity contribution in [2.24, 2.45) is 0 Å². The van der Waals surface area contributed by atoms with Crippen LogP contribution in [0, 0.1) is 0 Å². The lowest BCUT2D eigenvalue weighted by Gasteiger charge is -2.12. The van der Waals surface area contributed by atoms with Crippen molar-refractivity contribution in [3.63, 3.8) is 0 Å². The maximum absolute atomic E-state index is 12.4. The van der Waals surface area contributed by atoms with Crippen LogP contribution in [-0.4, -0.2) is 45.8 Å². The number of methoxy groups -OCH3 is 2. The minimum atomic E-state index is -0.634. The second-order valence-corrected chi connectivity index (χ2v) is 6.42. The smallest absolute Gasteiger partial charge is 0.331 e. The summed E-state index contributed by atoms with van der Waals surface area (Å²) in [6.45, 7) is 4.60. The second-order valence-electron chi connectivity index (χ2n) is 6.42. The molecule has 0 saturated carbocycles. The van der Waals surface area contributed by atoms with Crippen LogP contribution in [0.25, 0.3) is 6.08 Å². The molecule has 31 heavy (non-hydrogen) atoms. The Labute approximate surface area is 182 Å². The maximum Gasteiger partial charge on any atom is 0.331 e. The largest absolute Gasteiger partial charge is 0.497 e. The zero-order valence-electron chi connectivity index (χ0n) is 18.3. The summed E-state index contributed by atoms with van der Waals surface area (Å²) in [5.41, 5.74) is 1.05. The number of ether oxygens (including phenoxy) is 5. The van der Waals surface area contributed by atoms with Gasteiger partial charge in [-0.05, 0) is 49.2 Å². The van der Waals surface area contributed by atoms with Gasteiger partial charge in [0, 0.05) is 12.1 Å². The van der Waals surface area contributed by atoms with Gasteiger partial charge in [-0.2, -0.15) is 0 Å². The molecule has 0 N–H and O–H groups in total. The van der Waals surface area contributed by atoms with E-state index in [1.165, 1.54) is 20.3 Å². The Bertz CT molecular complexity index is 918. The first kappa shape index (κ1) is 23.8. The number of carbonyl (C=O) groups excluding carboxylic acids is 2. The summed E-state index contributed by atoms with van der Waals surface area (Å²) in [5, 5.41) is 0. The first-order chi connectivity index (χ1) is 15.0. The Morgan fingerprint density at radius 2 is 1.71 bits per heavy atom. The number of carbonyl (C=O) groups is 2. The van der Waals surface area contributed by atoms with Crippen LogP contribution in [0.5, 0.6) is 23.0 Å². The van der Waals surface area contributed by atoms with Gasteiger partial charge in [-0.25, -0.2) is 4.79 Å². The molecule has 0 atom stereocenters. The second kappa shape index (κ2) is 12.3. The molecule has 0 unspecified atom stereocenters. The third-order valence-corrected chi connectivity index (χ3v) is 4.20. The fraction of sp³-hybridized carbons (Fsp3) is 0.333. The van der Waals surface area contributed by atoms with Gasteiger partial charge in [-0.15, -0.1) is 0 Å². The van der Waals surface area contributed by atoms with Crippen LogP contribution in [0.4, 0.5) is 0 Å². The van der Waals surface area contributed by atoms with Gasteiger partial charge in [0.15, 0.2) is 18.1 Å². The molecule has 0 radical (unpaired) electrons. The predicted molar refractivity (Wildman–Crippen MR) is 117 cm³/mol. The molecule has 2 aromatic carbocycles. The molecule has 2 rings (SSSR count). The molecule has 0 aliphatic rings. The lowest BCUT2D eigenvalue weighted by molar-refractivity contribution is -0.136. The molecule has 0 bridgehead atoms. The number of esters is 1. The van der Waals surface area contributed by atoms with Gasteiger partial charge in [0.25, 0.3) is 0 Å². The first-order valence-electron chi connectivity index (χ1n) is 10.0. The maximum atomic E-state index is 12.4. The normalized spacial score (nSPS) is 10.6. The van der Waals surface area contributed by atoms with Crippen molar-refractivity contribution < 1.29 is 33.3 Å². The number of hydrogen-bond acceptors (Lipinski definition) is 7. The fourth-order valence-corrected chi connectivity index (χ4v) is 2.68. The van der Waals surface area contributed by atoms with Gasteiger partial charge >= 0.3 is 5.97 Å². The van der Waals surface area contributed by atoms with Crippen molar-refractivity contribution in [3.8, 4) is 23.0 Å². The highest BCUT2D eigenvalue weighted by atomic mass is 16.5. The molecule has 7 heteroatoms. The van der Waals surface area contributed by atoms with E-state index in [1.54, 1.807) is 36.4 Å². The van der Waals surface area contributed by atoms with Crippen molar-refractivity contribution in [1.82, 2.24) is 0 Å². The number of hydrogen-bond donors (Lipinski definition) is 0. The zero-order chi connectivity index (χ0) is 22.6. The van der Waals surface area contributed by atoms with Crippen LogP contribution in [0.1, 0.15) is 36.2 Å². The van der Waals surface area contributed by atoms with E-state index in [0.717, 1.165) is 12.0 Å². The molecule has 0 aliphatic heterocycles. The molecule has 7 nitrogen and oxygen atoms in total. The minimum Gasteiger partial charge on any atom is -0.497 e. The summed E-state index contributed by atoms with van der Waals surface area (Å²) in [5.74, 6) is 1.16. The van der Waals surface area contributed by atoms with Crippen LogP contribution >= 0.6 is 0 Å². The van der Waals surface area contributed by atoms with Crippen molar-refractivity contribution in [2.45, 2.75) is 20.3 Å². The van der Waals surface area contributed by atoms with E-state index in [4.69, 9.17) is 23.7 Å². The van der Waals surface area contributed by atoms with Crippen molar-refractivity contribution in [1.29, 1.82) is 0 Å². The molecular weight excluding hydrogens is 400 g/mol. The Morgan fingerprint density at radius 1 is 0.903 bits per heavy atom. The molecule has 166 valence electrons. The minimum absolute atomic E-state index is 0.309. The van der Waals surface area contributed by atoms with Gasteiger partial charge in [-0.3, -0.25) is 4.79 Å². The highest BCUT2D eigenvalue weighted by molar-refractivity contribution is 6.01. The molecular formula is C24H28O7. The molecule has 0 fully saturated rings. The topological polar surface area (TPSA) is 80.3 Å². The lowest BCUT2D eigenvalue weighted by Crippen LogP contribution is -2.13. The third kappa shape index (κ3) is 7.06. The molecule has 0 aliphatic carbocycles. The van der Waals surface area contributed by atoms with Gasteiger partial charge < -0.3 is 23.7 Å². The molecule has 0 spiro atoms. The summed E-state index contributed by atoms with van der Waals surface area (Å²) in [7, 11) is 2.98. The monoisotopic (exact) mass is 428 g/mol. The van der Waals surface area contributed by atoms with Crippen LogP contribution < -0.4 is 18.9 Å². The Hall–Kier alpha value is -3.48. The average molecular weight is 428 g/mol. The van der Waals surface area contributed by atoms with E-state index >= 15 is 0 Å². The summed E-state index contributed by atoms with van der Waals surface area (Å²) in [6, 6.07) is 10.2. The van der Waals surface area contributed by atoms with Crippen LogP contribution in [0.3, 0.4) is 0 Å². The summed E-state index contributed by atoms with van der Waals surface area (Å²) >= 11 is 0. The SMILES string of the molecule is CCCOc1ccc(C=CC(=O)OCC(=O)c2ccc(OC)cc2OC)cc1OCC. The van der Waals surface area contributed by atoms with Gasteiger partial charge in [0.1, 0.15) is 11.5 Å². The standard InChI is InChI=1S/C24H28O7/c1-5-13-30-21-11-7-17(14-23(21)29-6-2)8-12-24(26)31-16-20(25)19-10-9-18(27-3)15-22(19)28-4/h7-12,14-15H,5-6,13,16H2,1-4H3. The van der Waals surface area contributed by atoms with Gasteiger partial charge in [0.05, 0.1) is 33.0 Å². The van der Waals surface area contributed by atoms with E-state index in [0.29, 0.717) is 41.8 Å². The number of rotatable bonds is 12. The van der Waals surface area contributed by atoms with E-state index in [-0.39, 0.29) is 5.78 Å². The third-order valence-electron chi connectivity index (χ3n) is 4.20. The van der Waals surface area contributed by atoms with Crippen LogP contribution in [-0.2, 0) is 9.53 Å². The first-order valence-corrected chi connectivity index (χ1v) is 10.0. The Morgan fingerprint density at radius 3 is 2.39 bits per heavy atom. The predicted octanol–water partition coefficient (Wildman–Crippen LogP) is 4.33. The van der Waals surface area contributed by atoms with Crippen LogP contribution in [0.2, 0.25) is 0 Å². The zero-order valence-corrected chi connectivity index (χ0v) is 18.3. The Kier molecular flexibility index (Phi) is 9.42. The van der Waals surface area contributed by atoms with Crippen molar-refractivity contribution in [2.75, 3.05) is 34.0 Å². The molecule has 0 heterocycles. The number of ketones is 1. The van der Waals surface area contributed by atoms with Crippen LogP contribution in [0.15, 0.2) is 42.5 Å². The van der Waals surface area contributed by atoms with E-state index in [9.17, 15) is 9.59 Å². The summed E-state index contributed by atoms with van der Waals surface area (Å²) in [4.78, 5) is 24.4. The fourth-order valence-electron chi connectivity index (χ4n) is 2.68. The molecule has 0 amide bonds. The summed E-state index contributed by atoms with van der Waals surface area (Å²) < 4.78 is 26.7. The highest BCUT2D eigenvalue weighted by Gasteiger charge is 2.15. The van der Waals surface area contributed by atoms with E-state index in [1.807, 2.05) is 19.9 Å². The van der Waals surface area contributed by atoms with Crippen molar-refractivity contribution in [3.05, 3.63) is 53.6 Å². The summed E-state index contributed by atoms with van der Waals surface area (Å²) in [6.07, 6.45) is 3.74. The lowest BCUT2D eigenvalue weighted by atomic mass is 10.1. The average Bonchev–Trinajstić information content (AvgIpc) is 2.80. The molecule has 0 saturated heterocycles. The van der Waals surface area contributed by atoms with Crippen molar-refractivity contribution >= 4 is 17.8 Å². The van der Waals surface area contributed by atoms with Gasteiger partial charge in [0.2, 0.25) is 5.78 Å². The van der Waals surface area contributed by atoms with E-state index < -0.39 is 12.6 Å². The highest BCUT2D eigenvalue weighted by Crippen LogP contribution is 2.29. The Balaban J connectivity index is 1.99. The van der Waals surface area contributed by atoms with Gasteiger partial charge in [-0.1, -0.05) is 13.0 Å². The van der Waals surface area contributed by atoms with E-state index in [2.05, 4.69) is 0 Å². The quantitative estimate of drug-likeness (QED) is 0.283. The number of Topliss-reactive ketones (excluding diaryl/α,β-unsaturated/α-hetero) is 1. The molecule has 0 aromatic heterocycles. The number of benzene rings is 2.